The molecule has 3 aromatic rings. The summed E-state index contributed by atoms with van der Waals surface area (Å²) in [6.07, 6.45) is 4.40. The van der Waals surface area contributed by atoms with E-state index in [0.29, 0.717) is 13.0 Å². The number of hydrogen-bond donors (Lipinski definition) is 1. The molecule has 1 unspecified atom stereocenters. The van der Waals surface area contributed by atoms with Gasteiger partial charge in [0.15, 0.2) is 0 Å². The van der Waals surface area contributed by atoms with Crippen molar-refractivity contribution >= 4 is 23.2 Å². The lowest BCUT2D eigenvalue weighted by Crippen LogP contribution is -2.33. The molecule has 0 radical (unpaired) electrons. The van der Waals surface area contributed by atoms with Gasteiger partial charge in [-0.15, -0.1) is 0 Å². The van der Waals surface area contributed by atoms with Crippen LogP contribution in [-0.4, -0.2) is 22.9 Å². The molecule has 1 aliphatic heterocycles. The second-order valence-corrected chi connectivity index (χ2v) is 6.77. The van der Waals surface area contributed by atoms with Crippen molar-refractivity contribution in [3.8, 4) is 5.69 Å². The number of aryl methyl sites for hydroxylation is 1. The topological polar surface area (TPSA) is 54.3 Å². The number of hydrogen-bond acceptors (Lipinski definition) is 2. The Morgan fingerprint density at radius 1 is 1.00 bits per heavy atom. The van der Waals surface area contributed by atoms with Crippen LogP contribution in [-0.2, 0) is 9.59 Å². The Bertz CT molecular complexity index is 979. The van der Waals surface area contributed by atoms with Gasteiger partial charge >= 0.3 is 0 Å². The van der Waals surface area contributed by atoms with Crippen molar-refractivity contribution in [1.82, 2.24) is 4.57 Å². The molecule has 1 aliphatic rings. The second kappa shape index (κ2) is 7.11. The number of amides is 2. The second-order valence-electron chi connectivity index (χ2n) is 6.77. The summed E-state index contributed by atoms with van der Waals surface area (Å²) in [5, 5.41) is 2.88. The third-order valence-electron chi connectivity index (χ3n) is 4.86. The molecule has 0 spiro atoms. The lowest BCUT2D eigenvalue weighted by Gasteiger charge is -2.21. The molecule has 2 amide bonds. The van der Waals surface area contributed by atoms with E-state index in [1.807, 2.05) is 84.5 Å². The molecule has 0 saturated carbocycles. The minimum Gasteiger partial charge on any atom is -0.325 e. The van der Waals surface area contributed by atoms with Gasteiger partial charge in [0.1, 0.15) is 5.92 Å². The highest BCUT2D eigenvalue weighted by atomic mass is 16.2. The van der Waals surface area contributed by atoms with Crippen LogP contribution in [0.25, 0.3) is 5.69 Å². The van der Waals surface area contributed by atoms with Crippen LogP contribution in [0, 0.1) is 12.8 Å². The van der Waals surface area contributed by atoms with Crippen LogP contribution in [0.3, 0.4) is 0 Å². The van der Waals surface area contributed by atoms with Gasteiger partial charge in [-0.3, -0.25) is 9.59 Å². The van der Waals surface area contributed by atoms with Gasteiger partial charge in [-0.2, -0.15) is 0 Å². The predicted molar refractivity (Wildman–Crippen MR) is 106 cm³/mol. The van der Waals surface area contributed by atoms with E-state index in [9.17, 15) is 9.59 Å². The lowest BCUT2D eigenvalue weighted by molar-refractivity contribution is -0.129. The Hall–Kier alpha value is -3.34. The summed E-state index contributed by atoms with van der Waals surface area (Å²) in [5.41, 5.74) is 3.53. The molecule has 27 heavy (non-hydrogen) atoms. The maximum atomic E-state index is 13.0. The minimum absolute atomic E-state index is 0.153. The molecule has 1 atom stereocenters. The summed E-state index contributed by atoms with van der Waals surface area (Å²) in [7, 11) is 0. The molecule has 2 aromatic carbocycles. The Morgan fingerprint density at radius 2 is 1.74 bits per heavy atom. The largest absolute Gasteiger partial charge is 0.325 e. The van der Waals surface area contributed by atoms with E-state index < -0.39 is 5.92 Å². The van der Waals surface area contributed by atoms with E-state index in [1.165, 1.54) is 0 Å². The van der Waals surface area contributed by atoms with Gasteiger partial charge in [0.2, 0.25) is 11.8 Å². The van der Waals surface area contributed by atoms with Crippen LogP contribution in [0.4, 0.5) is 11.4 Å². The van der Waals surface area contributed by atoms with Crippen LogP contribution in [0.2, 0.25) is 0 Å². The summed E-state index contributed by atoms with van der Waals surface area (Å²) in [6, 6.07) is 19.2. The Balaban J connectivity index is 1.55. The van der Waals surface area contributed by atoms with Gasteiger partial charge in [-0.1, -0.05) is 24.3 Å². The molecule has 0 bridgehead atoms. The zero-order valence-corrected chi connectivity index (χ0v) is 15.1. The van der Waals surface area contributed by atoms with Crippen molar-refractivity contribution < 1.29 is 9.59 Å². The Kier molecular flexibility index (Phi) is 4.50. The smallest absolute Gasteiger partial charge is 0.239 e. The number of nitrogens with zero attached hydrogens (tertiary/aromatic N) is 2. The average molecular weight is 359 g/mol. The normalized spacial score (nSPS) is 16.6. The summed E-state index contributed by atoms with van der Waals surface area (Å²) in [4.78, 5) is 27.4. The lowest BCUT2D eigenvalue weighted by atomic mass is 10.1. The van der Waals surface area contributed by atoms with E-state index in [4.69, 9.17) is 0 Å². The molecule has 136 valence electrons. The fourth-order valence-corrected chi connectivity index (χ4v) is 3.52. The summed E-state index contributed by atoms with van der Waals surface area (Å²) in [6.45, 7) is 2.50. The molecule has 1 saturated heterocycles. The molecule has 1 fully saturated rings. The Labute approximate surface area is 158 Å². The average Bonchev–Trinajstić information content (AvgIpc) is 3.31. The first-order valence-corrected chi connectivity index (χ1v) is 9.05. The zero-order valence-electron chi connectivity index (χ0n) is 15.1. The Morgan fingerprint density at radius 3 is 2.48 bits per heavy atom. The predicted octanol–water partition coefficient (Wildman–Crippen LogP) is 3.78. The van der Waals surface area contributed by atoms with Gasteiger partial charge in [0.05, 0.1) is 11.4 Å². The first-order chi connectivity index (χ1) is 13.1. The van der Waals surface area contributed by atoms with Crippen molar-refractivity contribution in [2.24, 2.45) is 5.92 Å². The van der Waals surface area contributed by atoms with Crippen molar-refractivity contribution in [3.05, 3.63) is 78.6 Å². The molecule has 1 N–H and O–H groups in total. The standard InChI is InChI=1S/C22H21N3O2/c1-16-7-6-8-17(15-16)23-21(26)18-11-14-25(22(18)27)20-10-3-2-9-19(20)24-12-4-5-13-24/h2-10,12-13,15,18H,11,14H2,1H3,(H,23,26). The van der Waals surface area contributed by atoms with Crippen molar-refractivity contribution in [3.63, 3.8) is 0 Å². The molecular weight excluding hydrogens is 338 g/mol. The highest BCUT2D eigenvalue weighted by molar-refractivity contribution is 6.13. The number of rotatable bonds is 4. The summed E-state index contributed by atoms with van der Waals surface area (Å²) in [5.74, 6) is -1.06. The van der Waals surface area contributed by atoms with E-state index in [-0.39, 0.29) is 11.8 Å². The number of aromatic nitrogens is 1. The van der Waals surface area contributed by atoms with E-state index in [1.54, 1.807) is 4.90 Å². The van der Waals surface area contributed by atoms with Crippen LogP contribution in [0.1, 0.15) is 12.0 Å². The van der Waals surface area contributed by atoms with Gasteiger partial charge < -0.3 is 14.8 Å². The molecule has 5 nitrogen and oxygen atoms in total. The minimum atomic E-state index is -0.664. The van der Waals surface area contributed by atoms with Crippen LogP contribution in [0.5, 0.6) is 0 Å². The molecular formula is C22H21N3O2. The third kappa shape index (κ3) is 3.36. The maximum absolute atomic E-state index is 13.0. The van der Waals surface area contributed by atoms with E-state index >= 15 is 0 Å². The van der Waals surface area contributed by atoms with E-state index in [0.717, 1.165) is 22.6 Å². The third-order valence-corrected chi connectivity index (χ3v) is 4.86. The zero-order chi connectivity index (χ0) is 18.8. The molecule has 2 heterocycles. The number of carbonyl (C=O) groups excluding carboxylic acids is 2. The molecule has 0 aliphatic carbocycles. The number of para-hydroxylation sites is 2. The molecule has 5 heteroatoms. The fraction of sp³-hybridized carbons (Fsp3) is 0.182. The monoisotopic (exact) mass is 359 g/mol. The number of carbonyl (C=O) groups is 2. The first-order valence-electron chi connectivity index (χ1n) is 9.05. The molecule has 4 rings (SSSR count). The van der Waals surface area contributed by atoms with Gasteiger partial charge in [-0.05, 0) is 55.3 Å². The van der Waals surface area contributed by atoms with Crippen molar-refractivity contribution in [1.29, 1.82) is 0 Å². The SMILES string of the molecule is Cc1cccc(NC(=O)C2CCN(c3ccccc3-n3cccc3)C2=O)c1. The maximum Gasteiger partial charge on any atom is 0.239 e. The number of anilines is 2. The molecule has 1 aromatic heterocycles. The summed E-state index contributed by atoms with van der Waals surface area (Å²) < 4.78 is 1.97. The summed E-state index contributed by atoms with van der Waals surface area (Å²) >= 11 is 0. The highest BCUT2D eigenvalue weighted by Crippen LogP contribution is 2.31. The van der Waals surface area contributed by atoms with Crippen molar-refractivity contribution in [2.45, 2.75) is 13.3 Å². The van der Waals surface area contributed by atoms with Crippen LogP contribution < -0.4 is 10.2 Å². The van der Waals surface area contributed by atoms with Crippen molar-refractivity contribution in [2.75, 3.05) is 16.8 Å². The van der Waals surface area contributed by atoms with Crippen LogP contribution >= 0.6 is 0 Å². The van der Waals surface area contributed by atoms with Gasteiger partial charge in [0, 0.05) is 24.6 Å². The van der Waals surface area contributed by atoms with Gasteiger partial charge in [0.25, 0.3) is 0 Å². The first kappa shape index (κ1) is 17.1. The number of benzene rings is 2. The number of nitrogens with one attached hydrogen (secondary N) is 1. The van der Waals surface area contributed by atoms with Crippen LogP contribution in [0.15, 0.2) is 73.1 Å². The highest BCUT2D eigenvalue weighted by Gasteiger charge is 2.38. The fourth-order valence-electron chi connectivity index (χ4n) is 3.52. The van der Waals surface area contributed by atoms with E-state index in [2.05, 4.69) is 5.32 Å². The quantitative estimate of drug-likeness (QED) is 0.721. The van der Waals surface area contributed by atoms with Gasteiger partial charge in [-0.25, -0.2) is 0 Å².